The number of rotatable bonds is 18. The molecule has 10 aromatic rings. The zero-order chi connectivity index (χ0) is 63.7. The van der Waals surface area contributed by atoms with Gasteiger partial charge in [-0.1, -0.05) is 39.8 Å². The number of pyridine rings is 2. The van der Waals surface area contributed by atoms with Gasteiger partial charge in [-0.15, -0.1) is 10.2 Å². The smallest absolute Gasteiger partial charge is 0.339 e. The molecule has 0 atom stereocenters. The van der Waals surface area contributed by atoms with E-state index in [4.69, 9.17) is 14.2 Å². The highest BCUT2D eigenvalue weighted by Gasteiger charge is 2.23. The zero-order valence-corrected chi connectivity index (χ0v) is 52.3. The molecule has 7 aromatic heterocycles. The maximum atomic E-state index is 13.3. The van der Waals surface area contributed by atoms with Crippen molar-refractivity contribution in [2.24, 2.45) is 0 Å². The molecular weight excluding hydrogens is 1120 g/mol. The Morgan fingerprint density at radius 1 is 0.466 bits per heavy atom. The average Bonchev–Trinajstić information content (AvgIpc) is 3.98. The minimum atomic E-state index is -1.01. The van der Waals surface area contributed by atoms with Crippen molar-refractivity contribution in [2.45, 2.75) is 120 Å². The maximum absolute atomic E-state index is 13.3. The number of aromatic carboxylic acids is 1. The number of amides is 2. The molecule has 0 aliphatic heterocycles. The molecule has 0 saturated heterocycles. The second-order valence-electron chi connectivity index (χ2n) is 22.1. The number of carboxylic acid groups (broad SMARTS) is 1. The molecule has 25 nitrogen and oxygen atoms in total. The van der Waals surface area contributed by atoms with Gasteiger partial charge in [0.15, 0.2) is 23.3 Å². The summed E-state index contributed by atoms with van der Waals surface area (Å²) in [5.74, 6) is 3.00. The third-order valence-corrected chi connectivity index (χ3v) is 14.0. The second-order valence-corrected chi connectivity index (χ2v) is 22.1. The van der Waals surface area contributed by atoms with Gasteiger partial charge < -0.3 is 30.0 Å². The second kappa shape index (κ2) is 27.7. The highest BCUT2D eigenvalue weighted by atomic mass is 16.5. The lowest BCUT2D eigenvalue weighted by atomic mass is 10.0. The van der Waals surface area contributed by atoms with Gasteiger partial charge in [-0.3, -0.25) is 23.6 Å². The molecule has 3 aromatic carbocycles. The molecule has 3 N–H and O–H groups in total. The highest BCUT2D eigenvalue weighted by Crippen LogP contribution is 2.34. The van der Waals surface area contributed by atoms with E-state index in [1.54, 1.807) is 84.2 Å². The van der Waals surface area contributed by atoms with Gasteiger partial charge in [0.25, 0.3) is 11.8 Å². The van der Waals surface area contributed by atoms with Gasteiger partial charge in [-0.05, 0) is 179 Å². The van der Waals surface area contributed by atoms with E-state index in [0.717, 1.165) is 50.5 Å². The van der Waals surface area contributed by atoms with Crippen molar-refractivity contribution in [3.63, 3.8) is 0 Å². The van der Waals surface area contributed by atoms with Crippen LogP contribution in [0.15, 0.2) is 110 Å². The third-order valence-electron chi connectivity index (χ3n) is 14.0. The van der Waals surface area contributed by atoms with Crippen molar-refractivity contribution in [3.8, 4) is 62.7 Å². The Balaban J connectivity index is 0.000000177. The molecule has 0 aliphatic carbocycles. The monoisotopic (exact) mass is 1190 g/mol. The van der Waals surface area contributed by atoms with Crippen LogP contribution >= 0.6 is 0 Å². The number of hydrogen-bond donors (Lipinski definition) is 3. The van der Waals surface area contributed by atoms with Crippen LogP contribution in [0.4, 0.5) is 11.6 Å². The number of aromatic nitrogens is 16. The van der Waals surface area contributed by atoms with Gasteiger partial charge in [0, 0.05) is 65.2 Å². The van der Waals surface area contributed by atoms with Crippen LogP contribution in [0.25, 0.3) is 45.4 Å². The van der Waals surface area contributed by atoms with Crippen LogP contribution in [0, 0.1) is 20.8 Å². The van der Waals surface area contributed by atoms with Gasteiger partial charge in [0.05, 0.1) is 49.5 Å². The molecular formula is C63H74N18O7. The summed E-state index contributed by atoms with van der Waals surface area (Å²) in [5.41, 5.74) is 8.66. The van der Waals surface area contributed by atoms with Gasteiger partial charge in [-0.25, -0.2) is 14.8 Å². The summed E-state index contributed by atoms with van der Waals surface area (Å²) in [4.78, 5) is 46.9. The number of methoxy groups -OCH3 is 3. The van der Waals surface area contributed by atoms with Crippen molar-refractivity contribution in [1.29, 1.82) is 0 Å². The van der Waals surface area contributed by atoms with Crippen LogP contribution in [0.1, 0.15) is 159 Å². The predicted molar refractivity (Wildman–Crippen MR) is 333 cm³/mol. The molecule has 2 amide bonds. The number of ether oxygens (including phenoxy) is 3. The molecule has 88 heavy (non-hydrogen) atoms. The van der Waals surface area contributed by atoms with E-state index in [0.29, 0.717) is 63.3 Å². The minimum Gasteiger partial charge on any atom is -0.496 e. The molecule has 25 heteroatoms. The number of anilines is 2. The topological polar surface area (TPSA) is 290 Å². The first-order valence-electron chi connectivity index (χ1n) is 28.6. The number of aryl methyl sites for hydroxylation is 3. The molecule has 0 saturated carbocycles. The van der Waals surface area contributed by atoms with Crippen molar-refractivity contribution < 1.29 is 33.7 Å². The number of benzene rings is 3. The summed E-state index contributed by atoms with van der Waals surface area (Å²) < 4.78 is 24.9. The van der Waals surface area contributed by atoms with E-state index >= 15 is 0 Å². The Kier molecular flexibility index (Phi) is 20.0. The molecule has 0 bridgehead atoms. The predicted octanol–water partition coefficient (Wildman–Crippen LogP) is 11.5. The molecule has 0 fully saturated rings. The summed E-state index contributed by atoms with van der Waals surface area (Å²) in [6, 6.07) is 27.8. The van der Waals surface area contributed by atoms with E-state index in [9.17, 15) is 19.5 Å². The fraction of sp³-hybridized carbons (Fsp3) is 0.333. The Morgan fingerprint density at radius 2 is 0.795 bits per heavy atom. The van der Waals surface area contributed by atoms with Crippen LogP contribution in [0.3, 0.4) is 0 Å². The van der Waals surface area contributed by atoms with Crippen LogP contribution < -0.4 is 24.8 Å². The number of nitrogens with one attached hydrogen (secondary N) is 2. The fourth-order valence-corrected chi connectivity index (χ4v) is 9.23. The first kappa shape index (κ1) is 63.6. The fourth-order valence-electron chi connectivity index (χ4n) is 9.23. The number of tetrazole rings is 2. The quantitative estimate of drug-likeness (QED) is 0.0719. The van der Waals surface area contributed by atoms with Crippen molar-refractivity contribution >= 4 is 29.4 Å². The van der Waals surface area contributed by atoms with Crippen LogP contribution in [-0.4, -0.2) is 124 Å². The van der Waals surface area contributed by atoms with Crippen molar-refractivity contribution in [2.75, 3.05) is 32.0 Å². The maximum Gasteiger partial charge on any atom is 0.339 e. The Bertz CT molecular complexity index is 3890. The number of hydrogen-bond acceptors (Lipinski definition) is 17. The van der Waals surface area contributed by atoms with E-state index in [1.165, 1.54) is 7.11 Å². The molecule has 458 valence electrons. The molecule has 7 heterocycles. The summed E-state index contributed by atoms with van der Waals surface area (Å²) >= 11 is 0. The van der Waals surface area contributed by atoms with E-state index < -0.39 is 5.97 Å². The van der Waals surface area contributed by atoms with Gasteiger partial charge in [0.2, 0.25) is 0 Å². The normalized spacial score (nSPS) is 11.2. The van der Waals surface area contributed by atoms with Crippen LogP contribution in [-0.2, 0) is 0 Å². The molecule has 0 radical (unpaired) electrons. The largest absolute Gasteiger partial charge is 0.496 e. The summed E-state index contributed by atoms with van der Waals surface area (Å²) in [6.07, 6.45) is 5.76. The molecule has 0 unspecified atom stereocenters. The SMILES string of the molecule is COc1cc(C)c(-c2ccn(C(C)C)n2)cc1C(=O)Nc1cccc(-n2nnnc2C(C)C)n1.COc1cc(C)c(-c2ccn(C(C)C)n2)cc1C(=O)Nc1cccc(-n2nnnc2C(C)C)n1.COc1cc(C)c(-c2ccn(C(C)C)n2)cc1C(=O)O. The van der Waals surface area contributed by atoms with Gasteiger partial charge >= 0.3 is 5.97 Å². The standard InChI is InChI=1S/2C24H28N8O2.C15H18N2O3/c2*1-14(2)23-27-29-30-32(23)22-9-7-8-21(25-22)26-24(33)18-13-17(16(5)12-20(18)34-6)19-10-11-31(28-19)15(3)4;1-9(2)17-6-5-13(16-17)11-8-12(15(18)19)14(20-4)7-10(11)3/h2*7-15H,1-6H3,(H,25,26,33);5-9H,1-4H3,(H,18,19). The first-order valence-corrected chi connectivity index (χ1v) is 28.6. The lowest BCUT2D eigenvalue weighted by Crippen LogP contribution is -2.16. The first-order chi connectivity index (χ1) is 42.0. The number of nitrogens with zero attached hydrogens (tertiary/aromatic N) is 16. The average molecular weight is 1200 g/mol. The number of carbonyl (C=O) groups is 3. The van der Waals surface area contributed by atoms with E-state index in [-0.39, 0.29) is 47.3 Å². The lowest BCUT2D eigenvalue weighted by molar-refractivity contribution is 0.0692. The minimum absolute atomic E-state index is 0.115. The number of carbonyl (C=O) groups excluding carboxylic acids is 2. The van der Waals surface area contributed by atoms with Crippen molar-refractivity contribution in [1.82, 2.24) is 79.7 Å². The van der Waals surface area contributed by atoms with Gasteiger partial charge in [0.1, 0.15) is 34.4 Å². The van der Waals surface area contributed by atoms with Crippen molar-refractivity contribution in [3.05, 3.63) is 155 Å². The molecule has 10 rings (SSSR count). The van der Waals surface area contributed by atoms with E-state index in [1.807, 2.05) is 125 Å². The third kappa shape index (κ3) is 14.4. The zero-order valence-electron chi connectivity index (χ0n) is 52.3. The molecule has 0 aliphatic rings. The molecule has 0 spiro atoms. The Labute approximate surface area is 510 Å². The summed E-state index contributed by atoms with van der Waals surface area (Å²) in [5, 5.41) is 52.5. The summed E-state index contributed by atoms with van der Waals surface area (Å²) in [6.45, 7) is 26.2. The van der Waals surface area contributed by atoms with E-state index in [2.05, 4.69) is 94.6 Å². The lowest BCUT2D eigenvalue weighted by Gasteiger charge is -2.13. The number of carboxylic acids is 1. The Morgan fingerprint density at radius 3 is 1.09 bits per heavy atom. The van der Waals surface area contributed by atoms with Gasteiger partial charge in [-0.2, -0.15) is 24.7 Å². The Hall–Kier alpha value is -10.5. The van der Waals surface area contributed by atoms with Crippen LogP contribution in [0.2, 0.25) is 0 Å². The van der Waals surface area contributed by atoms with Crippen LogP contribution in [0.5, 0.6) is 17.2 Å². The highest BCUT2D eigenvalue weighted by molar-refractivity contribution is 6.07. The summed E-state index contributed by atoms with van der Waals surface area (Å²) in [7, 11) is 4.56.